The fourth-order valence-electron chi connectivity index (χ4n) is 2.02. The molecule has 0 saturated carbocycles. The lowest BCUT2D eigenvalue weighted by Gasteiger charge is -2.19. The van der Waals surface area contributed by atoms with Gasteiger partial charge in [-0.2, -0.15) is 0 Å². The largest absolute Gasteiger partial charge is 0.392 e. The molecule has 1 heterocycles. The number of aryl methyl sites for hydroxylation is 1. The second kappa shape index (κ2) is 4.52. The van der Waals surface area contributed by atoms with Crippen molar-refractivity contribution in [2.24, 2.45) is 0 Å². The first kappa shape index (κ1) is 12.7. The third-order valence-electron chi connectivity index (χ3n) is 3.09. The van der Waals surface area contributed by atoms with Gasteiger partial charge in [0.25, 0.3) is 5.56 Å². The Hall–Kier alpha value is -1.70. The van der Waals surface area contributed by atoms with Crippen LogP contribution in [0.4, 0.5) is 0 Å². The van der Waals surface area contributed by atoms with E-state index >= 15 is 0 Å². The molecule has 0 spiro atoms. The molecule has 0 saturated heterocycles. The highest BCUT2D eigenvalue weighted by Crippen LogP contribution is 2.27. The van der Waals surface area contributed by atoms with Crippen LogP contribution in [-0.2, 0) is 0 Å². The number of aromatic amines is 1. The molecule has 0 fully saturated rings. The summed E-state index contributed by atoms with van der Waals surface area (Å²) in [5, 5.41) is 28.5. The van der Waals surface area contributed by atoms with E-state index in [-0.39, 0.29) is 5.57 Å². The van der Waals surface area contributed by atoms with Crippen molar-refractivity contribution < 1.29 is 15.3 Å². The van der Waals surface area contributed by atoms with Gasteiger partial charge in [0.1, 0.15) is 12.2 Å². The van der Waals surface area contributed by atoms with Gasteiger partial charge in [-0.05, 0) is 12.5 Å². The lowest BCUT2D eigenvalue weighted by molar-refractivity contribution is 0.0271. The molecule has 0 radical (unpaired) electrons. The van der Waals surface area contributed by atoms with Crippen molar-refractivity contribution in [1.29, 1.82) is 0 Å². The second-order valence-corrected chi connectivity index (χ2v) is 4.30. The molecule has 2 rings (SSSR count). The zero-order chi connectivity index (χ0) is 13.4. The molecule has 98 valence electrons. The number of hydrogen-bond donors (Lipinski definition) is 4. The SMILES string of the molecule is Cc1cn([C@@H]2C=C(CO)[C@@H](O)[C@H]2O)c(=O)[nH]c1=O. The summed E-state index contributed by atoms with van der Waals surface area (Å²) in [5.41, 5.74) is -0.585. The van der Waals surface area contributed by atoms with E-state index in [4.69, 9.17) is 5.11 Å². The summed E-state index contributed by atoms with van der Waals surface area (Å²) < 4.78 is 1.13. The Labute approximate surface area is 102 Å². The van der Waals surface area contributed by atoms with Crippen molar-refractivity contribution in [1.82, 2.24) is 9.55 Å². The monoisotopic (exact) mass is 254 g/mol. The van der Waals surface area contributed by atoms with Crippen molar-refractivity contribution in [2.75, 3.05) is 6.61 Å². The quantitative estimate of drug-likeness (QED) is 0.457. The van der Waals surface area contributed by atoms with E-state index < -0.39 is 36.1 Å². The molecule has 4 N–H and O–H groups in total. The molecule has 0 aliphatic heterocycles. The predicted molar refractivity (Wildman–Crippen MR) is 62.3 cm³/mol. The van der Waals surface area contributed by atoms with E-state index in [2.05, 4.69) is 4.98 Å². The summed E-state index contributed by atoms with van der Waals surface area (Å²) in [5.74, 6) is 0. The molecule has 3 atom stereocenters. The van der Waals surface area contributed by atoms with Crippen molar-refractivity contribution in [3.63, 3.8) is 0 Å². The lowest BCUT2D eigenvalue weighted by atomic mass is 10.1. The van der Waals surface area contributed by atoms with Crippen LogP contribution in [0.5, 0.6) is 0 Å². The highest BCUT2D eigenvalue weighted by Gasteiger charge is 2.35. The second-order valence-electron chi connectivity index (χ2n) is 4.30. The molecule has 0 aromatic carbocycles. The average Bonchev–Trinajstić information content (AvgIpc) is 2.61. The van der Waals surface area contributed by atoms with Crippen LogP contribution in [0.2, 0.25) is 0 Å². The minimum atomic E-state index is -1.23. The number of nitrogens with zero attached hydrogens (tertiary/aromatic N) is 1. The van der Waals surface area contributed by atoms with Crippen molar-refractivity contribution in [3.05, 3.63) is 44.2 Å². The molecule has 1 aliphatic carbocycles. The Kier molecular flexibility index (Phi) is 3.20. The van der Waals surface area contributed by atoms with Gasteiger partial charge in [-0.3, -0.25) is 14.3 Å². The van der Waals surface area contributed by atoms with Crippen LogP contribution in [0.25, 0.3) is 0 Å². The van der Waals surface area contributed by atoms with Crippen LogP contribution in [0.1, 0.15) is 11.6 Å². The summed E-state index contributed by atoms with van der Waals surface area (Å²) in [6.45, 7) is 1.13. The normalized spacial score (nSPS) is 27.3. The van der Waals surface area contributed by atoms with E-state index in [1.54, 1.807) is 0 Å². The maximum Gasteiger partial charge on any atom is 0.328 e. The number of rotatable bonds is 2. The van der Waals surface area contributed by atoms with Gasteiger partial charge in [-0.1, -0.05) is 6.08 Å². The van der Waals surface area contributed by atoms with E-state index in [1.165, 1.54) is 19.2 Å². The Morgan fingerprint density at radius 2 is 2.06 bits per heavy atom. The first-order chi connectivity index (χ1) is 8.45. The zero-order valence-corrected chi connectivity index (χ0v) is 9.70. The summed E-state index contributed by atoms with van der Waals surface area (Å²) in [6, 6.07) is -0.801. The standard InChI is InChI=1S/C11H14N2O5/c1-5-3-13(11(18)12-10(5)17)7-2-6(4-14)8(15)9(7)16/h2-3,7-9,14-16H,4H2,1H3,(H,12,17,18)/t7-,8-,9+/m1/s1. The average molecular weight is 254 g/mol. The van der Waals surface area contributed by atoms with Crippen molar-refractivity contribution >= 4 is 0 Å². The Balaban J connectivity index is 2.51. The Bertz CT molecular complexity index is 600. The smallest absolute Gasteiger partial charge is 0.328 e. The number of aromatic nitrogens is 2. The number of nitrogens with one attached hydrogen (secondary N) is 1. The molecular formula is C11H14N2O5. The fourth-order valence-corrected chi connectivity index (χ4v) is 2.02. The fraction of sp³-hybridized carbons (Fsp3) is 0.455. The summed E-state index contributed by atoms with van der Waals surface area (Å²) in [6.07, 6.45) is 0.307. The number of hydrogen-bond acceptors (Lipinski definition) is 5. The molecule has 7 nitrogen and oxygen atoms in total. The van der Waals surface area contributed by atoms with Crippen LogP contribution >= 0.6 is 0 Å². The molecule has 18 heavy (non-hydrogen) atoms. The summed E-state index contributed by atoms with van der Waals surface area (Å²) in [4.78, 5) is 25.0. The molecule has 0 unspecified atom stereocenters. The molecule has 1 aromatic rings. The maximum atomic E-state index is 11.6. The highest BCUT2D eigenvalue weighted by atomic mass is 16.3. The third kappa shape index (κ3) is 1.92. The topological polar surface area (TPSA) is 116 Å². The molecule has 1 aromatic heterocycles. The van der Waals surface area contributed by atoms with Gasteiger partial charge in [-0.15, -0.1) is 0 Å². The first-order valence-corrected chi connectivity index (χ1v) is 5.45. The van der Waals surface area contributed by atoms with E-state index in [9.17, 15) is 19.8 Å². The van der Waals surface area contributed by atoms with Crippen molar-refractivity contribution in [2.45, 2.75) is 25.2 Å². The minimum absolute atomic E-state index is 0.253. The van der Waals surface area contributed by atoms with E-state index in [0.29, 0.717) is 5.56 Å². The first-order valence-electron chi connectivity index (χ1n) is 5.45. The van der Waals surface area contributed by atoms with Gasteiger partial charge in [0, 0.05) is 11.8 Å². The number of aliphatic hydroxyl groups excluding tert-OH is 3. The van der Waals surface area contributed by atoms with Gasteiger partial charge >= 0.3 is 5.69 Å². The van der Waals surface area contributed by atoms with Crippen LogP contribution in [-0.4, -0.2) is 43.7 Å². The van der Waals surface area contributed by atoms with Crippen molar-refractivity contribution in [3.8, 4) is 0 Å². The Morgan fingerprint density at radius 1 is 1.39 bits per heavy atom. The lowest BCUT2D eigenvalue weighted by Crippen LogP contribution is -2.38. The molecule has 1 aliphatic rings. The van der Waals surface area contributed by atoms with Gasteiger partial charge < -0.3 is 15.3 Å². The minimum Gasteiger partial charge on any atom is -0.392 e. The third-order valence-corrected chi connectivity index (χ3v) is 3.09. The predicted octanol–water partition coefficient (Wildman–Crippen LogP) is -1.96. The van der Waals surface area contributed by atoms with E-state index in [1.807, 2.05) is 0 Å². The van der Waals surface area contributed by atoms with Gasteiger partial charge in [0.15, 0.2) is 0 Å². The Morgan fingerprint density at radius 3 is 2.61 bits per heavy atom. The van der Waals surface area contributed by atoms with Crippen LogP contribution in [0, 0.1) is 6.92 Å². The van der Waals surface area contributed by atoms with Gasteiger partial charge in [0.2, 0.25) is 0 Å². The molecule has 0 bridgehead atoms. The summed E-state index contributed by atoms with van der Waals surface area (Å²) in [7, 11) is 0. The van der Waals surface area contributed by atoms with E-state index in [0.717, 1.165) is 4.57 Å². The van der Waals surface area contributed by atoms with Crippen LogP contribution in [0.15, 0.2) is 27.4 Å². The highest BCUT2D eigenvalue weighted by molar-refractivity contribution is 5.23. The maximum absolute atomic E-state index is 11.6. The zero-order valence-electron chi connectivity index (χ0n) is 9.70. The number of H-pyrrole nitrogens is 1. The summed E-state index contributed by atoms with van der Waals surface area (Å²) >= 11 is 0. The molecule has 7 heteroatoms. The van der Waals surface area contributed by atoms with Gasteiger partial charge in [-0.25, -0.2) is 4.79 Å². The number of aliphatic hydroxyl groups is 3. The molecular weight excluding hydrogens is 240 g/mol. The van der Waals surface area contributed by atoms with Crippen LogP contribution in [0.3, 0.4) is 0 Å². The van der Waals surface area contributed by atoms with Crippen LogP contribution < -0.4 is 11.2 Å². The van der Waals surface area contributed by atoms with Gasteiger partial charge in [0.05, 0.1) is 12.6 Å². The molecule has 0 amide bonds.